The Kier molecular flexibility index (Phi) is 4.44. The Morgan fingerprint density at radius 3 is 2.48 bits per heavy atom. The Morgan fingerprint density at radius 1 is 1.00 bits per heavy atom. The van der Waals surface area contributed by atoms with Crippen molar-refractivity contribution in [2.75, 3.05) is 11.9 Å². The maximum Gasteiger partial charge on any atom is 0.0419 e. The summed E-state index contributed by atoms with van der Waals surface area (Å²) in [5.74, 6) is 0. The van der Waals surface area contributed by atoms with Crippen LogP contribution in [-0.4, -0.2) is 15.3 Å². The normalized spacial score (nSPS) is 17.4. The summed E-state index contributed by atoms with van der Waals surface area (Å²) in [5.41, 5.74) is 6.42. The topological polar surface area (TPSA) is 12.0 Å². The van der Waals surface area contributed by atoms with Crippen molar-refractivity contribution in [1.82, 2.24) is 0 Å². The van der Waals surface area contributed by atoms with Gasteiger partial charge in [0.25, 0.3) is 0 Å². The second-order valence-electron chi connectivity index (χ2n) is 6.16. The van der Waals surface area contributed by atoms with E-state index in [0.717, 1.165) is 5.54 Å². The molecule has 0 bridgehead atoms. The molecule has 1 aliphatic heterocycles. The lowest BCUT2D eigenvalue weighted by Crippen LogP contribution is -2.30. The highest BCUT2D eigenvalue weighted by molar-refractivity contribution is 6.60. The van der Waals surface area contributed by atoms with E-state index in [4.69, 9.17) is 0 Å². The first-order chi connectivity index (χ1) is 10.3. The Bertz CT molecular complexity index is 590. The molecule has 21 heavy (non-hydrogen) atoms. The third-order valence-corrected chi connectivity index (χ3v) is 8.87. The van der Waals surface area contributed by atoms with E-state index >= 15 is 0 Å². The number of anilines is 1. The van der Waals surface area contributed by atoms with E-state index in [-0.39, 0.29) is 0 Å². The summed E-state index contributed by atoms with van der Waals surface area (Å²) < 4.78 is 0. The highest BCUT2D eigenvalue weighted by Gasteiger charge is 2.25. The largest absolute Gasteiger partial charge is 0.385 e. The van der Waals surface area contributed by atoms with Crippen LogP contribution in [0.3, 0.4) is 0 Å². The Labute approximate surface area is 130 Å². The zero-order chi connectivity index (χ0) is 14.7. The van der Waals surface area contributed by atoms with Crippen molar-refractivity contribution in [3.8, 4) is 11.1 Å². The van der Waals surface area contributed by atoms with Crippen LogP contribution in [0.5, 0.6) is 0 Å². The molecule has 0 aromatic heterocycles. The smallest absolute Gasteiger partial charge is 0.0419 e. The van der Waals surface area contributed by atoms with Crippen molar-refractivity contribution < 1.29 is 0 Å². The molecule has 110 valence electrons. The minimum Gasteiger partial charge on any atom is -0.385 e. The van der Waals surface area contributed by atoms with Crippen molar-refractivity contribution in [2.24, 2.45) is 0 Å². The van der Waals surface area contributed by atoms with Gasteiger partial charge < -0.3 is 5.32 Å². The number of hydrogen-bond acceptors (Lipinski definition) is 1. The van der Waals surface area contributed by atoms with Crippen LogP contribution in [0.25, 0.3) is 11.1 Å². The first kappa shape index (κ1) is 14.4. The SMILES string of the molecule is CC[SiH](CC)[C@H]1CNc2cc(-c3ccccc3)ccc2C1. The zero-order valence-corrected chi connectivity index (χ0v) is 14.3. The van der Waals surface area contributed by atoms with Crippen LogP contribution >= 0.6 is 0 Å². The van der Waals surface area contributed by atoms with E-state index < -0.39 is 8.80 Å². The number of hydrogen-bond donors (Lipinski definition) is 1. The van der Waals surface area contributed by atoms with E-state index in [1.807, 2.05) is 0 Å². The van der Waals surface area contributed by atoms with Crippen LogP contribution in [0, 0.1) is 0 Å². The minimum atomic E-state index is -0.567. The molecule has 3 rings (SSSR count). The highest BCUT2D eigenvalue weighted by Crippen LogP contribution is 2.34. The number of benzene rings is 2. The first-order valence-electron chi connectivity index (χ1n) is 8.24. The highest BCUT2D eigenvalue weighted by atomic mass is 28.3. The van der Waals surface area contributed by atoms with E-state index in [2.05, 4.69) is 67.7 Å². The van der Waals surface area contributed by atoms with Crippen LogP contribution in [0.2, 0.25) is 17.6 Å². The van der Waals surface area contributed by atoms with Crippen LogP contribution in [0.1, 0.15) is 19.4 Å². The third-order valence-electron chi connectivity index (χ3n) is 4.97. The van der Waals surface area contributed by atoms with Gasteiger partial charge in [0, 0.05) is 21.0 Å². The predicted molar refractivity (Wildman–Crippen MR) is 95.9 cm³/mol. The van der Waals surface area contributed by atoms with E-state index in [1.54, 1.807) is 0 Å². The number of rotatable bonds is 4. The lowest BCUT2D eigenvalue weighted by Gasteiger charge is -2.31. The molecule has 0 radical (unpaired) electrons. The van der Waals surface area contributed by atoms with Gasteiger partial charge in [-0.25, -0.2) is 0 Å². The van der Waals surface area contributed by atoms with Crippen LogP contribution in [0.4, 0.5) is 5.69 Å². The maximum atomic E-state index is 3.71. The van der Waals surface area contributed by atoms with Gasteiger partial charge in [-0.05, 0) is 34.7 Å². The molecule has 0 saturated heterocycles. The van der Waals surface area contributed by atoms with Gasteiger partial charge in [0.05, 0.1) is 0 Å². The molecule has 0 fully saturated rings. The van der Waals surface area contributed by atoms with E-state index in [9.17, 15) is 0 Å². The lowest BCUT2D eigenvalue weighted by molar-refractivity contribution is 0.796. The molecular weight excluding hydrogens is 270 g/mol. The second kappa shape index (κ2) is 6.48. The average Bonchev–Trinajstić information content (AvgIpc) is 2.56. The Hall–Kier alpha value is -1.54. The van der Waals surface area contributed by atoms with Crippen LogP contribution < -0.4 is 5.32 Å². The fraction of sp³-hybridized carbons (Fsp3) is 0.368. The molecule has 2 aromatic carbocycles. The van der Waals surface area contributed by atoms with Crippen molar-refractivity contribution in [1.29, 1.82) is 0 Å². The van der Waals surface area contributed by atoms with Crippen molar-refractivity contribution in [3.05, 3.63) is 54.1 Å². The van der Waals surface area contributed by atoms with Gasteiger partial charge in [-0.3, -0.25) is 0 Å². The van der Waals surface area contributed by atoms with Crippen LogP contribution in [-0.2, 0) is 6.42 Å². The molecule has 0 unspecified atom stereocenters. The van der Waals surface area contributed by atoms with Gasteiger partial charge in [-0.2, -0.15) is 0 Å². The number of fused-ring (bicyclic) bond motifs is 1. The summed E-state index contributed by atoms with van der Waals surface area (Å²) in [5, 5.41) is 3.71. The molecule has 1 nitrogen and oxygen atoms in total. The molecule has 2 aromatic rings. The minimum absolute atomic E-state index is 0.567. The van der Waals surface area contributed by atoms with Gasteiger partial charge in [0.2, 0.25) is 0 Å². The molecule has 0 saturated carbocycles. The van der Waals surface area contributed by atoms with E-state index in [1.165, 1.54) is 47.4 Å². The number of nitrogens with one attached hydrogen (secondary N) is 1. The zero-order valence-electron chi connectivity index (χ0n) is 13.1. The third kappa shape index (κ3) is 3.05. The second-order valence-corrected chi connectivity index (χ2v) is 10.3. The summed E-state index contributed by atoms with van der Waals surface area (Å²) in [6.45, 7) is 5.95. The lowest BCUT2D eigenvalue weighted by atomic mass is 9.98. The molecule has 0 spiro atoms. The monoisotopic (exact) mass is 295 g/mol. The van der Waals surface area contributed by atoms with E-state index in [0.29, 0.717) is 0 Å². The molecule has 0 amide bonds. The Balaban J connectivity index is 1.83. The van der Waals surface area contributed by atoms with Crippen molar-refractivity contribution in [3.63, 3.8) is 0 Å². The van der Waals surface area contributed by atoms with Gasteiger partial charge in [-0.1, -0.05) is 68.4 Å². The molecule has 1 atom stereocenters. The molecular formula is C19H25NSi. The summed E-state index contributed by atoms with van der Waals surface area (Å²) >= 11 is 0. The Morgan fingerprint density at radius 2 is 1.76 bits per heavy atom. The fourth-order valence-corrected chi connectivity index (χ4v) is 6.56. The van der Waals surface area contributed by atoms with Crippen LogP contribution in [0.15, 0.2) is 48.5 Å². The predicted octanol–water partition coefficient (Wildman–Crippen LogP) is 4.96. The maximum absolute atomic E-state index is 3.71. The molecule has 2 heteroatoms. The van der Waals surface area contributed by atoms with Gasteiger partial charge in [-0.15, -0.1) is 0 Å². The summed E-state index contributed by atoms with van der Waals surface area (Å²) in [6, 6.07) is 20.5. The fourth-order valence-electron chi connectivity index (χ4n) is 3.61. The summed E-state index contributed by atoms with van der Waals surface area (Å²) in [6.07, 6.45) is 1.29. The molecule has 1 N–H and O–H groups in total. The first-order valence-corrected chi connectivity index (χ1v) is 10.5. The van der Waals surface area contributed by atoms with Crippen molar-refractivity contribution in [2.45, 2.75) is 37.9 Å². The molecule has 0 aliphatic carbocycles. The standard InChI is InChI=1S/C19H25NSi/c1-3-21(4-2)18-12-17-11-10-16(13-19(17)20-14-18)15-8-6-5-7-9-15/h5-11,13,18,20-21H,3-4,12,14H2,1-2H3/t18-/m1/s1. The molecule has 1 heterocycles. The van der Waals surface area contributed by atoms with Gasteiger partial charge in [0.15, 0.2) is 0 Å². The van der Waals surface area contributed by atoms with Gasteiger partial charge in [0.1, 0.15) is 0 Å². The average molecular weight is 296 g/mol. The quantitative estimate of drug-likeness (QED) is 0.786. The van der Waals surface area contributed by atoms with Gasteiger partial charge >= 0.3 is 0 Å². The molecule has 1 aliphatic rings. The summed E-state index contributed by atoms with van der Waals surface area (Å²) in [7, 11) is -0.567. The van der Waals surface area contributed by atoms with Crippen molar-refractivity contribution >= 4 is 14.5 Å². The summed E-state index contributed by atoms with van der Waals surface area (Å²) in [4.78, 5) is 0.